The summed E-state index contributed by atoms with van der Waals surface area (Å²) in [5.41, 5.74) is 8.85. The maximum Gasteiger partial charge on any atom is 0.00812 e. The molecule has 1 aromatic carbocycles. The number of hydrogen-bond donors (Lipinski definition) is 1. The van der Waals surface area contributed by atoms with Crippen LogP contribution in [0.2, 0.25) is 0 Å². The van der Waals surface area contributed by atoms with Crippen LogP contribution in [0, 0.1) is 0 Å². The van der Waals surface area contributed by atoms with Crippen molar-refractivity contribution in [3.8, 4) is 0 Å². The van der Waals surface area contributed by atoms with Crippen LogP contribution in [0.4, 0.5) is 0 Å². The van der Waals surface area contributed by atoms with Crippen molar-refractivity contribution in [1.29, 1.82) is 0 Å². The molecule has 0 spiro atoms. The molecular weight excluding hydrogens is 206 g/mol. The van der Waals surface area contributed by atoms with Gasteiger partial charge in [-0.3, -0.25) is 0 Å². The maximum atomic E-state index is 6.10. The second-order valence-corrected chi connectivity index (χ2v) is 4.78. The molecule has 0 aliphatic rings. The molecule has 0 bridgehead atoms. The van der Waals surface area contributed by atoms with Crippen LogP contribution < -0.4 is 5.73 Å². The van der Waals surface area contributed by atoms with Crippen LogP contribution in [0.3, 0.4) is 0 Å². The molecule has 0 aromatic heterocycles. The maximum absolute atomic E-state index is 6.10. The van der Waals surface area contributed by atoms with Gasteiger partial charge in [-0.15, -0.1) is 0 Å². The monoisotopic (exact) mass is 231 g/mol. The Morgan fingerprint density at radius 3 is 2.24 bits per heavy atom. The molecule has 0 amide bonds. The fourth-order valence-electron chi connectivity index (χ4n) is 2.82. The van der Waals surface area contributed by atoms with Crippen molar-refractivity contribution in [2.24, 2.45) is 5.73 Å². The quantitative estimate of drug-likeness (QED) is 0.750. The molecule has 0 aliphatic heterocycles. The zero-order valence-electron chi connectivity index (χ0n) is 11.2. The average Bonchev–Trinajstić information content (AvgIpc) is 2.38. The van der Waals surface area contributed by atoms with Gasteiger partial charge in [0.05, 0.1) is 0 Å². The van der Waals surface area contributed by atoms with Gasteiger partial charge in [0.15, 0.2) is 0 Å². The van der Waals surface area contributed by atoms with Gasteiger partial charge in [0.2, 0.25) is 0 Å². The second-order valence-electron chi connectivity index (χ2n) is 4.78. The van der Waals surface area contributed by atoms with Crippen LogP contribution >= 0.6 is 0 Å². The summed E-state index contributed by atoms with van der Waals surface area (Å²) in [6.45, 7) is 9.11. The highest BCUT2D eigenvalue weighted by Gasteiger charge is 2.30. The van der Waals surface area contributed by atoms with Crippen LogP contribution in [0.15, 0.2) is 30.8 Å². The molecule has 1 rings (SSSR count). The van der Waals surface area contributed by atoms with Gasteiger partial charge < -0.3 is 5.73 Å². The molecule has 1 aromatic rings. The van der Waals surface area contributed by atoms with E-state index in [4.69, 9.17) is 5.73 Å². The molecule has 0 saturated heterocycles. The summed E-state index contributed by atoms with van der Waals surface area (Å²) in [6.07, 6.45) is 6.60. The van der Waals surface area contributed by atoms with Crippen LogP contribution in [0.1, 0.15) is 50.7 Å². The van der Waals surface area contributed by atoms with Crippen LogP contribution in [-0.4, -0.2) is 6.54 Å². The van der Waals surface area contributed by atoms with E-state index in [1.807, 2.05) is 6.08 Å². The Balaban J connectivity index is 3.23. The molecule has 0 atom stereocenters. The van der Waals surface area contributed by atoms with E-state index in [-0.39, 0.29) is 5.41 Å². The van der Waals surface area contributed by atoms with Gasteiger partial charge in [-0.2, -0.15) is 0 Å². The van der Waals surface area contributed by atoms with Gasteiger partial charge >= 0.3 is 0 Å². The Morgan fingerprint density at radius 1 is 1.18 bits per heavy atom. The lowest BCUT2D eigenvalue weighted by Crippen LogP contribution is -2.35. The third-order valence-corrected chi connectivity index (χ3v) is 3.60. The number of nitrogens with two attached hydrogens (primary N) is 1. The lowest BCUT2D eigenvalue weighted by molar-refractivity contribution is 0.365. The van der Waals surface area contributed by atoms with Crippen LogP contribution in [0.25, 0.3) is 6.08 Å². The highest BCUT2D eigenvalue weighted by Crippen LogP contribution is 2.35. The lowest BCUT2D eigenvalue weighted by atomic mass is 9.72. The highest BCUT2D eigenvalue weighted by atomic mass is 14.6. The predicted octanol–water partition coefficient (Wildman–Crippen LogP) is 4.13. The van der Waals surface area contributed by atoms with E-state index in [1.165, 1.54) is 24.0 Å². The zero-order chi connectivity index (χ0) is 12.7. The fraction of sp³-hybridized carbons (Fsp3) is 0.500. The van der Waals surface area contributed by atoms with Gasteiger partial charge in [-0.25, -0.2) is 0 Å². The lowest BCUT2D eigenvalue weighted by Gasteiger charge is -2.34. The Labute approximate surface area is 106 Å². The Kier molecular flexibility index (Phi) is 5.43. The van der Waals surface area contributed by atoms with E-state index in [2.05, 4.69) is 44.7 Å². The second kappa shape index (κ2) is 6.61. The smallest absolute Gasteiger partial charge is 0.00812 e. The van der Waals surface area contributed by atoms with Crippen LogP contribution in [-0.2, 0) is 5.41 Å². The standard InChI is InChI=1S/C16H25N/c1-4-11-16(13-17,12-5-2)15-10-8-7-9-14(15)6-3/h6-10H,3-5,11-13,17H2,1-2H3. The van der Waals surface area contributed by atoms with Gasteiger partial charge in [0, 0.05) is 12.0 Å². The zero-order valence-corrected chi connectivity index (χ0v) is 11.2. The van der Waals surface area contributed by atoms with E-state index in [9.17, 15) is 0 Å². The van der Waals surface area contributed by atoms with Gasteiger partial charge in [0.1, 0.15) is 0 Å². The van der Waals surface area contributed by atoms with Crippen molar-refractivity contribution in [2.45, 2.75) is 44.9 Å². The number of rotatable bonds is 7. The highest BCUT2D eigenvalue weighted by molar-refractivity contribution is 5.54. The molecule has 0 radical (unpaired) electrons. The third-order valence-electron chi connectivity index (χ3n) is 3.60. The van der Waals surface area contributed by atoms with Crippen molar-refractivity contribution >= 4 is 6.08 Å². The Morgan fingerprint density at radius 2 is 1.76 bits per heavy atom. The van der Waals surface area contributed by atoms with E-state index in [0.29, 0.717) is 0 Å². The minimum Gasteiger partial charge on any atom is -0.330 e. The van der Waals surface area contributed by atoms with Gasteiger partial charge in [0.25, 0.3) is 0 Å². The first kappa shape index (κ1) is 14.0. The van der Waals surface area contributed by atoms with Gasteiger partial charge in [-0.05, 0) is 24.0 Å². The first-order valence-electron chi connectivity index (χ1n) is 6.66. The van der Waals surface area contributed by atoms with Crippen molar-refractivity contribution in [3.63, 3.8) is 0 Å². The molecule has 1 nitrogen and oxygen atoms in total. The Hall–Kier alpha value is -1.08. The molecule has 2 N–H and O–H groups in total. The summed E-state index contributed by atoms with van der Waals surface area (Å²) in [4.78, 5) is 0. The minimum absolute atomic E-state index is 0.133. The first-order valence-corrected chi connectivity index (χ1v) is 6.66. The summed E-state index contributed by atoms with van der Waals surface area (Å²) in [7, 11) is 0. The molecule has 0 aliphatic carbocycles. The summed E-state index contributed by atoms with van der Waals surface area (Å²) in [5, 5.41) is 0. The van der Waals surface area contributed by atoms with E-state index in [1.54, 1.807) is 0 Å². The van der Waals surface area contributed by atoms with E-state index >= 15 is 0 Å². The summed E-state index contributed by atoms with van der Waals surface area (Å²) >= 11 is 0. The fourth-order valence-corrected chi connectivity index (χ4v) is 2.82. The molecule has 0 saturated carbocycles. The number of benzene rings is 1. The van der Waals surface area contributed by atoms with Crippen molar-refractivity contribution in [3.05, 3.63) is 42.0 Å². The van der Waals surface area contributed by atoms with Crippen LogP contribution in [0.5, 0.6) is 0 Å². The summed E-state index contributed by atoms with van der Waals surface area (Å²) < 4.78 is 0. The van der Waals surface area contributed by atoms with E-state index in [0.717, 1.165) is 19.4 Å². The normalized spacial score (nSPS) is 11.5. The summed E-state index contributed by atoms with van der Waals surface area (Å²) in [5.74, 6) is 0. The molecule has 0 heterocycles. The summed E-state index contributed by atoms with van der Waals surface area (Å²) in [6, 6.07) is 8.53. The first-order chi connectivity index (χ1) is 8.24. The molecule has 0 unspecified atom stereocenters. The molecule has 0 fully saturated rings. The topological polar surface area (TPSA) is 26.0 Å². The average molecular weight is 231 g/mol. The minimum atomic E-state index is 0.133. The van der Waals surface area contributed by atoms with Crippen molar-refractivity contribution in [2.75, 3.05) is 6.54 Å². The molecule has 94 valence electrons. The third kappa shape index (κ3) is 2.98. The van der Waals surface area contributed by atoms with E-state index < -0.39 is 0 Å². The van der Waals surface area contributed by atoms with Crippen molar-refractivity contribution < 1.29 is 0 Å². The predicted molar refractivity (Wildman–Crippen MR) is 77.1 cm³/mol. The molecule has 17 heavy (non-hydrogen) atoms. The molecule has 1 heteroatoms. The van der Waals surface area contributed by atoms with Gasteiger partial charge in [-0.1, -0.05) is 63.6 Å². The SMILES string of the molecule is C=Cc1ccccc1C(CN)(CCC)CCC. The largest absolute Gasteiger partial charge is 0.330 e. The molecular formula is C16H25N. The number of hydrogen-bond acceptors (Lipinski definition) is 1. The Bertz CT molecular complexity index is 348. The van der Waals surface area contributed by atoms with Crippen molar-refractivity contribution in [1.82, 2.24) is 0 Å².